The summed E-state index contributed by atoms with van der Waals surface area (Å²) in [6.07, 6.45) is 3.31. The number of anilines is 1. The number of carbonyl (C=O) groups is 1. The molecule has 0 unspecified atom stereocenters. The lowest BCUT2D eigenvalue weighted by Gasteiger charge is -2.32. The van der Waals surface area contributed by atoms with Crippen molar-refractivity contribution in [2.24, 2.45) is 0 Å². The molecule has 6 nitrogen and oxygen atoms in total. The average Bonchev–Trinajstić information content (AvgIpc) is 3.17. The molecule has 8 heteroatoms. The van der Waals surface area contributed by atoms with Crippen LogP contribution in [0.25, 0.3) is 11.6 Å². The van der Waals surface area contributed by atoms with Gasteiger partial charge in [-0.05, 0) is 42.0 Å². The number of thiophene rings is 1. The SMILES string of the molecule is N#C/C(=C\c1ccc(N2CCC(OC(=O)CBr)CC2)s1)c1ccc(O)c(O)c1. The molecule has 3 rings (SSSR count). The van der Waals surface area contributed by atoms with Crippen LogP contribution in [-0.2, 0) is 9.53 Å². The molecule has 1 fully saturated rings. The van der Waals surface area contributed by atoms with Crippen molar-refractivity contribution in [1.82, 2.24) is 0 Å². The summed E-state index contributed by atoms with van der Waals surface area (Å²) < 4.78 is 5.37. The van der Waals surface area contributed by atoms with Crippen LogP contribution >= 0.6 is 27.3 Å². The van der Waals surface area contributed by atoms with E-state index in [-0.39, 0.29) is 28.9 Å². The second-order valence-electron chi connectivity index (χ2n) is 6.36. The van der Waals surface area contributed by atoms with Gasteiger partial charge < -0.3 is 19.8 Å². The van der Waals surface area contributed by atoms with E-state index in [1.165, 1.54) is 12.1 Å². The van der Waals surface area contributed by atoms with Crippen LogP contribution < -0.4 is 4.90 Å². The number of aromatic hydroxyl groups is 2. The van der Waals surface area contributed by atoms with E-state index in [2.05, 4.69) is 26.9 Å². The van der Waals surface area contributed by atoms with Crippen LogP contribution in [-0.4, -0.2) is 40.7 Å². The third-order valence-electron chi connectivity index (χ3n) is 4.47. The molecule has 28 heavy (non-hydrogen) atoms. The zero-order valence-electron chi connectivity index (χ0n) is 15.0. The van der Waals surface area contributed by atoms with E-state index >= 15 is 0 Å². The highest BCUT2D eigenvalue weighted by atomic mass is 79.9. The van der Waals surface area contributed by atoms with Gasteiger partial charge in [0, 0.05) is 30.8 Å². The molecule has 1 aromatic heterocycles. The first-order chi connectivity index (χ1) is 13.5. The lowest BCUT2D eigenvalue weighted by molar-refractivity contribution is -0.146. The number of phenolic OH excluding ortho intramolecular Hbond substituents is 2. The van der Waals surface area contributed by atoms with Crippen LogP contribution in [0.1, 0.15) is 23.3 Å². The number of nitrogens with zero attached hydrogens (tertiary/aromatic N) is 2. The van der Waals surface area contributed by atoms with Gasteiger partial charge >= 0.3 is 5.97 Å². The van der Waals surface area contributed by atoms with E-state index in [1.807, 2.05) is 12.1 Å². The van der Waals surface area contributed by atoms with Crippen molar-refractivity contribution in [2.45, 2.75) is 18.9 Å². The normalized spacial score (nSPS) is 15.3. The Hall–Kier alpha value is -2.50. The van der Waals surface area contributed by atoms with E-state index in [0.29, 0.717) is 11.1 Å². The molecule has 2 aromatic rings. The Morgan fingerprint density at radius 3 is 2.68 bits per heavy atom. The Labute approximate surface area is 175 Å². The zero-order chi connectivity index (χ0) is 20.1. The van der Waals surface area contributed by atoms with Gasteiger partial charge in [-0.15, -0.1) is 11.3 Å². The summed E-state index contributed by atoms with van der Waals surface area (Å²) in [5, 5.41) is 29.9. The number of benzene rings is 1. The van der Waals surface area contributed by atoms with E-state index in [1.54, 1.807) is 23.5 Å². The predicted octanol–water partition coefficient (Wildman–Crippen LogP) is 4.13. The number of allylic oxidation sites excluding steroid dienone is 1. The Morgan fingerprint density at radius 1 is 1.29 bits per heavy atom. The van der Waals surface area contributed by atoms with Crippen molar-refractivity contribution in [1.29, 1.82) is 5.26 Å². The van der Waals surface area contributed by atoms with Crippen LogP contribution in [0.2, 0.25) is 0 Å². The minimum Gasteiger partial charge on any atom is -0.504 e. The van der Waals surface area contributed by atoms with Gasteiger partial charge in [-0.25, -0.2) is 0 Å². The van der Waals surface area contributed by atoms with Crippen molar-refractivity contribution in [2.75, 3.05) is 23.3 Å². The maximum Gasteiger partial charge on any atom is 0.316 e. The number of ether oxygens (including phenoxy) is 1. The fraction of sp³-hybridized carbons (Fsp3) is 0.300. The monoisotopic (exact) mass is 462 g/mol. The van der Waals surface area contributed by atoms with E-state index in [4.69, 9.17) is 4.74 Å². The Morgan fingerprint density at radius 2 is 2.04 bits per heavy atom. The first-order valence-electron chi connectivity index (χ1n) is 8.74. The third kappa shape index (κ3) is 4.86. The van der Waals surface area contributed by atoms with Crippen molar-refractivity contribution < 1.29 is 19.7 Å². The topological polar surface area (TPSA) is 93.8 Å². The van der Waals surface area contributed by atoms with E-state index < -0.39 is 0 Å². The summed E-state index contributed by atoms with van der Waals surface area (Å²) in [6, 6.07) is 10.4. The second-order valence-corrected chi connectivity index (χ2v) is 8.01. The number of hydrogen-bond acceptors (Lipinski definition) is 7. The van der Waals surface area contributed by atoms with Crippen LogP contribution in [0.3, 0.4) is 0 Å². The van der Waals surface area contributed by atoms with Gasteiger partial charge in [0.05, 0.1) is 16.6 Å². The number of nitriles is 1. The molecular weight excluding hydrogens is 444 g/mol. The van der Waals surface area contributed by atoms with Crippen molar-refractivity contribution in [3.63, 3.8) is 0 Å². The summed E-state index contributed by atoms with van der Waals surface area (Å²) in [7, 11) is 0. The number of hydrogen-bond donors (Lipinski definition) is 2. The number of piperidine rings is 1. The Bertz CT molecular complexity index is 927. The number of phenols is 2. The second kappa shape index (κ2) is 9.13. The van der Waals surface area contributed by atoms with Gasteiger partial charge in [0.25, 0.3) is 0 Å². The number of rotatable bonds is 5. The molecule has 1 aliphatic rings. The molecule has 0 atom stereocenters. The largest absolute Gasteiger partial charge is 0.504 e. The van der Waals surface area contributed by atoms with Crippen LogP contribution in [0, 0.1) is 11.3 Å². The van der Waals surface area contributed by atoms with Crippen molar-refractivity contribution in [3.8, 4) is 17.6 Å². The molecule has 0 amide bonds. The molecule has 0 spiro atoms. The maximum absolute atomic E-state index is 11.4. The van der Waals surface area contributed by atoms with Gasteiger partial charge in [-0.3, -0.25) is 4.79 Å². The van der Waals surface area contributed by atoms with Gasteiger partial charge in [-0.1, -0.05) is 15.9 Å². The van der Waals surface area contributed by atoms with E-state index in [9.17, 15) is 20.3 Å². The molecule has 146 valence electrons. The molecule has 0 saturated carbocycles. The third-order valence-corrected chi connectivity index (χ3v) is 6.02. The lowest BCUT2D eigenvalue weighted by atomic mass is 10.1. The van der Waals surface area contributed by atoms with Crippen LogP contribution in [0.4, 0.5) is 5.00 Å². The Balaban J connectivity index is 1.68. The van der Waals surface area contributed by atoms with Crippen LogP contribution in [0.5, 0.6) is 11.5 Å². The van der Waals surface area contributed by atoms with Crippen molar-refractivity contribution in [3.05, 3.63) is 40.8 Å². The quantitative estimate of drug-likeness (QED) is 0.300. The van der Waals surface area contributed by atoms with Gasteiger partial charge in [0.1, 0.15) is 11.4 Å². The highest BCUT2D eigenvalue weighted by Crippen LogP contribution is 2.33. The molecule has 1 saturated heterocycles. The summed E-state index contributed by atoms with van der Waals surface area (Å²) in [5.41, 5.74) is 0.950. The smallest absolute Gasteiger partial charge is 0.316 e. The molecule has 2 N–H and O–H groups in total. The Kier molecular flexibility index (Phi) is 6.60. The van der Waals surface area contributed by atoms with Gasteiger partial charge in [-0.2, -0.15) is 5.26 Å². The fourth-order valence-corrected chi connectivity index (χ4v) is 4.15. The predicted molar refractivity (Wildman–Crippen MR) is 113 cm³/mol. The van der Waals surface area contributed by atoms with Gasteiger partial charge in [0.2, 0.25) is 0 Å². The van der Waals surface area contributed by atoms with Crippen molar-refractivity contribution >= 4 is 49.9 Å². The molecule has 2 heterocycles. The molecule has 1 aliphatic heterocycles. The summed E-state index contributed by atoms with van der Waals surface area (Å²) in [5.74, 6) is -0.704. The van der Waals surface area contributed by atoms with Crippen LogP contribution in [0.15, 0.2) is 30.3 Å². The standard InChI is InChI=1S/C20H19BrN2O4S/c21-11-20(26)27-15-5-7-23(8-6-15)19-4-2-16(28-19)9-14(12-22)13-1-3-17(24)18(25)10-13/h1-4,9-10,15,24-25H,5-8,11H2/b14-9+. The summed E-state index contributed by atoms with van der Waals surface area (Å²) in [4.78, 5) is 14.6. The minimum absolute atomic E-state index is 0.0343. The average molecular weight is 463 g/mol. The summed E-state index contributed by atoms with van der Waals surface area (Å²) in [6.45, 7) is 1.61. The molecule has 0 bridgehead atoms. The molecule has 0 radical (unpaired) electrons. The number of carbonyl (C=O) groups excluding carboxylic acids is 1. The lowest BCUT2D eigenvalue weighted by Crippen LogP contribution is -2.37. The zero-order valence-corrected chi connectivity index (χ0v) is 17.4. The van der Waals surface area contributed by atoms with Gasteiger partial charge in [0.15, 0.2) is 11.5 Å². The van der Waals surface area contributed by atoms with E-state index in [0.717, 1.165) is 35.8 Å². The highest BCUT2D eigenvalue weighted by Gasteiger charge is 2.23. The molecule has 0 aliphatic carbocycles. The molecular formula is C20H19BrN2O4S. The number of alkyl halides is 1. The fourth-order valence-electron chi connectivity index (χ4n) is 3.01. The molecule has 1 aromatic carbocycles. The maximum atomic E-state index is 11.4. The summed E-state index contributed by atoms with van der Waals surface area (Å²) >= 11 is 4.68. The first-order valence-corrected chi connectivity index (χ1v) is 10.7. The number of halogens is 1. The number of esters is 1. The first kappa shape index (κ1) is 20.2. The highest BCUT2D eigenvalue weighted by molar-refractivity contribution is 9.09. The minimum atomic E-state index is -0.256.